The van der Waals surface area contributed by atoms with Crippen LogP contribution in [0.2, 0.25) is 0 Å². The van der Waals surface area contributed by atoms with Crippen LogP contribution in [0.1, 0.15) is 69.9 Å². The van der Waals surface area contributed by atoms with Crippen molar-refractivity contribution in [2.24, 2.45) is 17.8 Å². The van der Waals surface area contributed by atoms with Crippen molar-refractivity contribution in [2.75, 3.05) is 70.3 Å². The number of thioether (sulfide) groups is 1. The fourth-order valence-corrected chi connectivity index (χ4v) is 9.01. The molecule has 6 rings (SSSR count). The van der Waals surface area contributed by atoms with E-state index >= 15 is 0 Å². The van der Waals surface area contributed by atoms with Gasteiger partial charge in [-0.3, -0.25) is 33.7 Å². The lowest BCUT2D eigenvalue weighted by atomic mass is 9.81. The van der Waals surface area contributed by atoms with Gasteiger partial charge in [0, 0.05) is 63.9 Å². The minimum absolute atomic E-state index is 0.0506. The Kier molecular flexibility index (Phi) is 13.6. The first-order valence-electron chi connectivity index (χ1n) is 19.7. The molecule has 2 aromatic heterocycles. The van der Waals surface area contributed by atoms with E-state index in [1.807, 2.05) is 23.2 Å². The molecule has 0 bridgehead atoms. The highest BCUT2D eigenvalue weighted by molar-refractivity contribution is 8.00. The number of imide groups is 1. The van der Waals surface area contributed by atoms with Gasteiger partial charge in [0.25, 0.3) is 0 Å². The molecule has 0 radical (unpaired) electrons. The highest BCUT2D eigenvalue weighted by Gasteiger charge is 2.41. The third-order valence-electron chi connectivity index (χ3n) is 11.1. The van der Waals surface area contributed by atoms with Crippen LogP contribution in [-0.4, -0.2) is 128 Å². The molecular weight excluding hydrogens is 739 g/mol. The first kappa shape index (κ1) is 41.0. The van der Waals surface area contributed by atoms with Crippen LogP contribution in [0.25, 0.3) is 11.0 Å². The summed E-state index contributed by atoms with van der Waals surface area (Å²) in [6, 6.07) is 4.07. The quantitative estimate of drug-likeness (QED) is 0.132. The number of carboxylic acids is 1. The maximum Gasteiger partial charge on any atom is 0.307 e. The number of likely N-dealkylation sites (tertiary alicyclic amines) is 1. The zero-order valence-corrected chi connectivity index (χ0v) is 33.7. The molecule has 1 aromatic carbocycles. The second-order valence-electron chi connectivity index (χ2n) is 15.2. The number of methoxy groups -OCH3 is 2. The van der Waals surface area contributed by atoms with E-state index in [0.717, 1.165) is 69.3 Å². The SMILES string of the molecule is CCCCNc1nc(N)nc2cn(Cc3c(OC)cc(CN4CCN(C(=O)C5CCC(CN6C(=O)CC(SC[C@@H](C)C(=O)O)C6=O)CC5)CC4)cc3OC)nc12. The number of nitrogens with one attached hydrogen (secondary N) is 1. The number of hydrogen-bond acceptors (Lipinski definition) is 13. The first-order chi connectivity index (χ1) is 27.0. The van der Waals surface area contributed by atoms with E-state index in [1.165, 1.54) is 16.7 Å². The molecule has 304 valence electrons. The number of hydrogen-bond donors (Lipinski definition) is 3. The number of rotatable bonds is 17. The van der Waals surface area contributed by atoms with E-state index in [2.05, 4.69) is 27.1 Å². The number of carboxylic acid groups (broad SMARTS) is 1. The predicted molar refractivity (Wildman–Crippen MR) is 213 cm³/mol. The van der Waals surface area contributed by atoms with Gasteiger partial charge in [0.2, 0.25) is 23.7 Å². The molecule has 2 atom stereocenters. The van der Waals surface area contributed by atoms with Gasteiger partial charge in [-0.15, -0.1) is 11.8 Å². The number of amides is 3. The van der Waals surface area contributed by atoms with Gasteiger partial charge in [0.1, 0.15) is 17.0 Å². The third kappa shape index (κ3) is 9.65. The van der Waals surface area contributed by atoms with Gasteiger partial charge in [0.05, 0.1) is 43.7 Å². The number of benzene rings is 1. The summed E-state index contributed by atoms with van der Waals surface area (Å²) in [4.78, 5) is 64.8. The summed E-state index contributed by atoms with van der Waals surface area (Å²) in [6.07, 6.45) is 7.09. The lowest BCUT2D eigenvalue weighted by molar-refractivity contribution is -0.141. The predicted octanol–water partition coefficient (Wildman–Crippen LogP) is 3.72. The molecule has 2 aliphatic heterocycles. The number of anilines is 2. The van der Waals surface area contributed by atoms with Crippen molar-refractivity contribution < 1.29 is 33.8 Å². The topological polar surface area (TPSA) is 198 Å². The van der Waals surface area contributed by atoms with Crippen molar-refractivity contribution in [1.29, 1.82) is 0 Å². The molecule has 3 aliphatic rings. The summed E-state index contributed by atoms with van der Waals surface area (Å²) in [7, 11) is 3.30. The number of carbonyl (C=O) groups is 4. The number of nitrogens with two attached hydrogens (primary N) is 1. The summed E-state index contributed by atoms with van der Waals surface area (Å²) in [6.45, 7) is 8.74. The zero-order valence-electron chi connectivity index (χ0n) is 32.9. The van der Waals surface area contributed by atoms with Gasteiger partial charge < -0.3 is 30.5 Å². The second-order valence-corrected chi connectivity index (χ2v) is 16.4. The highest BCUT2D eigenvalue weighted by Crippen LogP contribution is 2.35. The standard InChI is InChI=1S/C39H55N9O7S/c1-5-6-11-41-35-34-29(42-39(40)43-35)22-47(44-34)21-28-30(54-3)16-26(17-31(28)55-4)19-45-12-14-46(15-13-45)36(50)27-9-7-25(8-10-27)20-48-33(49)18-32(37(48)51)56-23-24(2)38(52)53/h16-17,22,24-25,27,32H,5-15,18-21,23H2,1-4H3,(H,52,53)(H3,40,41,42,43)/t24-,25?,27?,32?/m1/s1. The largest absolute Gasteiger partial charge is 0.496 e. The molecule has 3 amide bonds. The Morgan fingerprint density at radius 2 is 1.73 bits per heavy atom. The molecular formula is C39H55N9O7S. The number of nitrogen functional groups attached to an aromatic ring is 1. The van der Waals surface area contributed by atoms with Crippen molar-refractivity contribution in [3.63, 3.8) is 0 Å². The molecule has 56 heavy (non-hydrogen) atoms. The van der Waals surface area contributed by atoms with Crippen LogP contribution in [0.3, 0.4) is 0 Å². The normalized spacial score (nSPS) is 21.1. The number of ether oxygens (including phenoxy) is 2. The molecule has 3 aromatic rings. The lowest BCUT2D eigenvalue weighted by Gasteiger charge is -2.38. The Balaban J connectivity index is 0.989. The Hall–Kier alpha value is -4.64. The Morgan fingerprint density at radius 1 is 1.04 bits per heavy atom. The van der Waals surface area contributed by atoms with E-state index < -0.39 is 17.1 Å². The van der Waals surface area contributed by atoms with Crippen LogP contribution >= 0.6 is 11.8 Å². The van der Waals surface area contributed by atoms with Crippen molar-refractivity contribution in [3.8, 4) is 11.5 Å². The third-order valence-corrected chi connectivity index (χ3v) is 12.6. The summed E-state index contributed by atoms with van der Waals surface area (Å²) in [5.41, 5.74) is 9.19. The number of aliphatic carboxylic acids is 1. The molecule has 17 heteroatoms. The van der Waals surface area contributed by atoms with Crippen molar-refractivity contribution in [3.05, 3.63) is 29.5 Å². The molecule has 1 unspecified atom stereocenters. The smallest absolute Gasteiger partial charge is 0.307 e. The molecule has 4 N–H and O–H groups in total. The van der Waals surface area contributed by atoms with Crippen LogP contribution in [0.5, 0.6) is 11.5 Å². The number of fused-ring (bicyclic) bond motifs is 1. The number of carbonyl (C=O) groups excluding carboxylic acids is 3. The summed E-state index contributed by atoms with van der Waals surface area (Å²) < 4.78 is 13.5. The summed E-state index contributed by atoms with van der Waals surface area (Å²) >= 11 is 1.26. The lowest BCUT2D eigenvalue weighted by Crippen LogP contribution is -2.50. The van der Waals surface area contributed by atoms with Gasteiger partial charge >= 0.3 is 5.97 Å². The van der Waals surface area contributed by atoms with Crippen molar-refractivity contribution >= 4 is 58.3 Å². The maximum atomic E-state index is 13.6. The Labute approximate surface area is 331 Å². The van der Waals surface area contributed by atoms with Gasteiger partial charge in [-0.25, -0.2) is 4.98 Å². The fraction of sp³-hybridized carbons (Fsp3) is 0.615. The van der Waals surface area contributed by atoms with E-state index in [1.54, 1.807) is 25.8 Å². The minimum atomic E-state index is -0.909. The molecule has 16 nitrogen and oxygen atoms in total. The van der Waals surface area contributed by atoms with E-state index in [9.17, 15) is 19.2 Å². The van der Waals surface area contributed by atoms with Crippen molar-refractivity contribution in [1.82, 2.24) is 34.4 Å². The van der Waals surface area contributed by atoms with Crippen LogP contribution in [0, 0.1) is 17.8 Å². The Bertz CT molecular complexity index is 1870. The van der Waals surface area contributed by atoms with Crippen LogP contribution in [0.4, 0.5) is 11.8 Å². The second kappa shape index (κ2) is 18.5. The highest BCUT2D eigenvalue weighted by atomic mass is 32.2. The number of nitrogens with zero attached hydrogens (tertiary/aromatic N) is 7. The average molecular weight is 794 g/mol. The Morgan fingerprint density at radius 3 is 2.38 bits per heavy atom. The van der Waals surface area contributed by atoms with E-state index in [0.29, 0.717) is 66.8 Å². The van der Waals surface area contributed by atoms with Gasteiger partial charge in [-0.1, -0.05) is 20.3 Å². The van der Waals surface area contributed by atoms with Crippen molar-refractivity contribution in [2.45, 2.75) is 77.1 Å². The summed E-state index contributed by atoms with van der Waals surface area (Å²) in [5.74, 6) is 0.910. The van der Waals surface area contributed by atoms with E-state index in [-0.39, 0.29) is 41.9 Å². The first-order valence-corrected chi connectivity index (χ1v) is 20.7. The zero-order chi connectivity index (χ0) is 39.9. The number of piperazine rings is 1. The van der Waals surface area contributed by atoms with Gasteiger partial charge in [0.15, 0.2) is 11.3 Å². The molecule has 1 aliphatic carbocycles. The monoisotopic (exact) mass is 793 g/mol. The van der Waals surface area contributed by atoms with Gasteiger partial charge in [-0.2, -0.15) is 10.1 Å². The molecule has 4 heterocycles. The number of unbranched alkanes of at least 4 members (excludes halogenated alkanes) is 1. The maximum absolute atomic E-state index is 13.6. The molecule has 2 saturated heterocycles. The molecule has 1 saturated carbocycles. The molecule has 0 spiro atoms. The van der Waals surface area contributed by atoms with E-state index in [4.69, 9.17) is 25.4 Å². The van der Waals surface area contributed by atoms with Gasteiger partial charge in [-0.05, 0) is 55.7 Å². The van der Waals surface area contributed by atoms with Crippen LogP contribution < -0.4 is 20.5 Å². The van der Waals surface area contributed by atoms with Crippen LogP contribution in [-0.2, 0) is 32.3 Å². The summed E-state index contributed by atoms with van der Waals surface area (Å²) in [5, 5.41) is 16.7. The average Bonchev–Trinajstić information content (AvgIpc) is 3.72. The van der Waals surface area contributed by atoms with Crippen LogP contribution in [0.15, 0.2) is 18.3 Å². The minimum Gasteiger partial charge on any atom is -0.496 e. The molecule has 3 fully saturated rings. The number of aromatic nitrogens is 4. The fourth-order valence-electron chi connectivity index (χ4n) is 7.81.